The number of nitrogens with zero attached hydrogens (tertiary/aromatic N) is 3. The molecule has 0 bridgehead atoms. The summed E-state index contributed by atoms with van der Waals surface area (Å²) in [4.78, 5) is 9.16. The van der Waals surface area contributed by atoms with Crippen LogP contribution in [0.1, 0.15) is 12.5 Å². The average molecular weight is 298 g/mol. The summed E-state index contributed by atoms with van der Waals surface area (Å²) in [6.45, 7) is 2.02. The predicted octanol–water partition coefficient (Wildman–Crippen LogP) is 3.01. The Balaban J connectivity index is 2.07. The number of para-hydroxylation sites is 1. The fourth-order valence-electron chi connectivity index (χ4n) is 2.26. The van der Waals surface area contributed by atoms with E-state index in [1.54, 1.807) is 18.0 Å². The molecule has 0 spiro atoms. The van der Waals surface area contributed by atoms with Crippen LogP contribution in [0.4, 0.5) is 0 Å². The number of fused-ring (bicyclic) bond motifs is 1. The summed E-state index contributed by atoms with van der Waals surface area (Å²) in [6.07, 6.45) is 4.55. The molecule has 2 N–H and O–H groups in total. The second-order valence-corrected chi connectivity index (χ2v) is 6.21. The van der Waals surface area contributed by atoms with Crippen LogP contribution in [0.2, 0.25) is 0 Å². The number of aryl methyl sites for hydroxylation is 1. The monoisotopic (exact) mass is 298 g/mol. The van der Waals surface area contributed by atoms with Crippen LogP contribution in [0.25, 0.3) is 10.9 Å². The Hall–Kier alpha value is -1.85. The minimum atomic E-state index is 0.105. The van der Waals surface area contributed by atoms with E-state index >= 15 is 0 Å². The molecule has 0 saturated heterocycles. The molecule has 2 heterocycles. The molecule has 4 nitrogen and oxygen atoms in total. The molecule has 108 valence electrons. The lowest BCUT2D eigenvalue weighted by Gasteiger charge is -2.12. The van der Waals surface area contributed by atoms with Gasteiger partial charge in [-0.15, -0.1) is 0 Å². The van der Waals surface area contributed by atoms with Crippen molar-refractivity contribution in [2.45, 2.75) is 29.6 Å². The first-order valence-corrected chi connectivity index (χ1v) is 7.74. The van der Waals surface area contributed by atoms with Gasteiger partial charge in [-0.05, 0) is 42.8 Å². The van der Waals surface area contributed by atoms with Gasteiger partial charge < -0.3 is 10.3 Å². The molecule has 0 fully saturated rings. The first-order chi connectivity index (χ1) is 10.1. The summed E-state index contributed by atoms with van der Waals surface area (Å²) in [5.41, 5.74) is 8.16. The third kappa shape index (κ3) is 3.09. The van der Waals surface area contributed by atoms with E-state index in [9.17, 15) is 0 Å². The molecule has 0 radical (unpaired) electrons. The Labute approximate surface area is 128 Å². The largest absolute Gasteiger partial charge is 0.329 e. The number of hydrogen-bond donors (Lipinski definition) is 1. The summed E-state index contributed by atoms with van der Waals surface area (Å²) in [7, 11) is 1.99. The van der Waals surface area contributed by atoms with Gasteiger partial charge in [0.1, 0.15) is 5.03 Å². The van der Waals surface area contributed by atoms with Crippen LogP contribution in [-0.2, 0) is 13.5 Å². The van der Waals surface area contributed by atoms with Crippen molar-refractivity contribution >= 4 is 22.7 Å². The molecule has 1 atom stereocenters. The predicted molar refractivity (Wildman–Crippen MR) is 86.4 cm³/mol. The molecular weight excluding hydrogens is 280 g/mol. The highest BCUT2D eigenvalue weighted by molar-refractivity contribution is 7.99. The molecule has 3 rings (SSSR count). The van der Waals surface area contributed by atoms with Gasteiger partial charge in [-0.1, -0.05) is 18.2 Å². The summed E-state index contributed by atoms with van der Waals surface area (Å²) < 4.78 is 2.00. The SMILES string of the molecule is CC(N)Cc1cc2ccccc2nc1Sc1nccn1C. The van der Waals surface area contributed by atoms with E-state index < -0.39 is 0 Å². The Morgan fingerprint density at radius 3 is 2.86 bits per heavy atom. The van der Waals surface area contributed by atoms with E-state index in [1.165, 1.54) is 5.56 Å². The molecule has 0 aliphatic heterocycles. The number of aromatic nitrogens is 3. The topological polar surface area (TPSA) is 56.7 Å². The van der Waals surface area contributed by atoms with Crippen LogP contribution in [0, 0.1) is 0 Å². The normalized spacial score (nSPS) is 12.7. The Morgan fingerprint density at radius 2 is 2.14 bits per heavy atom. The molecule has 0 aliphatic rings. The molecule has 3 aromatic rings. The summed E-state index contributed by atoms with van der Waals surface area (Å²) in [5, 5.41) is 3.07. The van der Waals surface area contributed by atoms with Crippen molar-refractivity contribution in [2.75, 3.05) is 0 Å². The average Bonchev–Trinajstić information content (AvgIpc) is 2.84. The summed E-state index contributed by atoms with van der Waals surface area (Å²) >= 11 is 1.59. The second kappa shape index (κ2) is 5.87. The van der Waals surface area contributed by atoms with Gasteiger partial charge in [0, 0.05) is 30.9 Å². The van der Waals surface area contributed by atoms with E-state index in [1.807, 2.05) is 42.9 Å². The molecule has 0 aliphatic carbocycles. The van der Waals surface area contributed by atoms with Crippen molar-refractivity contribution in [1.29, 1.82) is 0 Å². The van der Waals surface area contributed by atoms with E-state index in [4.69, 9.17) is 10.7 Å². The van der Waals surface area contributed by atoms with Crippen LogP contribution < -0.4 is 5.73 Å². The molecule has 2 aromatic heterocycles. The molecule has 1 aromatic carbocycles. The van der Waals surface area contributed by atoms with Crippen molar-refractivity contribution in [3.05, 3.63) is 48.3 Å². The zero-order chi connectivity index (χ0) is 14.8. The summed E-state index contributed by atoms with van der Waals surface area (Å²) in [5.74, 6) is 0. The van der Waals surface area contributed by atoms with Crippen LogP contribution in [0.5, 0.6) is 0 Å². The summed E-state index contributed by atoms with van der Waals surface area (Å²) in [6, 6.07) is 10.5. The van der Waals surface area contributed by atoms with Gasteiger partial charge in [0.15, 0.2) is 5.16 Å². The lowest BCUT2D eigenvalue weighted by molar-refractivity contribution is 0.723. The fraction of sp³-hybridized carbons (Fsp3) is 0.250. The molecule has 0 amide bonds. The van der Waals surface area contributed by atoms with E-state index in [0.29, 0.717) is 0 Å². The first-order valence-electron chi connectivity index (χ1n) is 6.93. The molecule has 0 saturated carbocycles. The minimum absolute atomic E-state index is 0.105. The number of nitrogens with two attached hydrogens (primary N) is 1. The quantitative estimate of drug-likeness (QED) is 0.804. The minimum Gasteiger partial charge on any atom is -0.329 e. The van der Waals surface area contributed by atoms with Crippen LogP contribution in [0.15, 0.2) is 52.9 Å². The standard InChI is InChI=1S/C16H18N4S/c1-11(17)9-13-10-12-5-3-4-6-14(12)19-15(13)21-16-18-7-8-20(16)2/h3-8,10-11H,9,17H2,1-2H3. The Kier molecular flexibility index (Phi) is 3.94. The number of pyridine rings is 1. The van der Waals surface area contributed by atoms with Gasteiger partial charge in [0.2, 0.25) is 0 Å². The molecule has 5 heteroatoms. The lowest BCUT2D eigenvalue weighted by atomic mass is 10.1. The molecular formula is C16H18N4S. The van der Waals surface area contributed by atoms with Crippen molar-refractivity contribution in [3.63, 3.8) is 0 Å². The van der Waals surface area contributed by atoms with Crippen LogP contribution >= 0.6 is 11.8 Å². The van der Waals surface area contributed by atoms with Crippen molar-refractivity contribution < 1.29 is 0 Å². The third-order valence-corrected chi connectivity index (χ3v) is 4.39. The van der Waals surface area contributed by atoms with Gasteiger partial charge in [0.05, 0.1) is 5.52 Å². The highest BCUT2D eigenvalue weighted by Crippen LogP contribution is 2.30. The Morgan fingerprint density at radius 1 is 1.33 bits per heavy atom. The van der Waals surface area contributed by atoms with E-state index in [-0.39, 0.29) is 6.04 Å². The smallest absolute Gasteiger partial charge is 0.174 e. The van der Waals surface area contributed by atoms with Gasteiger partial charge in [-0.25, -0.2) is 9.97 Å². The highest BCUT2D eigenvalue weighted by atomic mass is 32.2. The van der Waals surface area contributed by atoms with Crippen LogP contribution in [0.3, 0.4) is 0 Å². The fourth-order valence-corrected chi connectivity index (χ4v) is 3.17. The van der Waals surface area contributed by atoms with Gasteiger partial charge in [0.25, 0.3) is 0 Å². The first kappa shape index (κ1) is 14.1. The number of imidazole rings is 1. The second-order valence-electron chi connectivity index (χ2n) is 5.25. The van der Waals surface area contributed by atoms with Gasteiger partial charge in [-0.2, -0.15) is 0 Å². The zero-order valence-electron chi connectivity index (χ0n) is 12.2. The maximum atomic E-state index is 5.98. The lowest BCUT2D eigenvalue weighted by Crippen LogP contribution is -2.18. The zero-order valence-corrected chi connectivity index (χ0v) is 13.0. The van der Waals surface area contributed by atoms with Gasteiger partial charge >= 0.3 is 0 Å². The van der Waals surface area contributed by atoms with Gasteiger partial charge in [-0.3, -0.25) is 0 Å². The Bertz CT molecular complexity index is 764. The van der Waals surface area contributed by atoms with E-state index in [0.717, 1.165) is 27.5 Å². The van der Waals surface area contributed by atoms with Crippen molar-refractivity contribution in [3.8, 4) is 0 Å². The maximum Gasteiger partial charge on any atom is 0.174 e. The molecule has 21 heavy (non-hydrogen) atoms. The van der Waals surface area contributed by atoms with Crippen LogP contribution in [-0.4, -0.2) is 20.6 Å². The van der Waals surface area contributed by atoms with E-state index in [2.05, 4.69) is 17.1 Å². The van der Waals surface area contributed by atoms with Crippen molar-refractivity contribution in [2.24, 2.45) is 12.8 Å². The maximum absolute atomic E-state index is 5.98. The third-order valence-electron chi connectivity index (χ3n) is 3.27. The van der Waals surface area contributed by atoms with Crippen molar-refractivity contribution in [1.82, 2.24) is 14.5 Å². The molecule has 1 unspecified atom stereocenters. The number of benzene rings is 1. The number of rotatable bonds is 4. The highest BCUT2D eigenvalue weighted by Gasteiger charge is 2.12. The number of hydrogen-bond acceptors (Lipinski definition) is 4.